The molecule has 0 radical (unpaired) electrons. The average Bonchev–Trinajstić information content (AvgIpc) is 3.36. The Bertz CT molecular complexity index is 1210. The highest BCUT2D eigenvalue weighted by atomic mass is 16.5. The van der Waals surface area contributed by atoms with Gasteiger partial charge < -0.3 is 29.0 Å². The van der Waals surface area contributed by atoms with E-state index < -0.39 is 0 Å². The first kappa shape index (κ1) is 23.9. The van der Waals surface area contributed by atoms with Gasteiger partial charge in [0.1, 0.15) is 17.6 Å². The Labute approximate surface area is 210 Å². The van der Waals surface area contributed by atoms with Crippen LogP contribution in [-0.4, -0.2) is 53.6 Å². The Morgan fingerprint density at radius 1 is 0.972 bits per heavy atom. The molecule has 2 amide bonds. The summed E-state index contributed by atoms with van der Waals surface area (Å²) in [4.78, 5) is 32.2. The van der Waals surface area contributed by atoms with Crippen molar-refractivity contribution in [2.45, 2.75) is 32.1 Å². The third kappa shape index (κ3) is 4.92. The zero-order valence-electron chi connectivity index (χ0n) is 20.5. The number of nitrogens with one attached hydrogen (secondary N) is 1. The van der Waals surface area contributed by atoms with Gasteiger partial charge in [0.2, 0.25) is 5.91 Å². The first-order valence-electron chi connectivity index (χ1n) is 12.1. The van der Waals surface area contributed by atoms with Crippen molar-refractivity contribution >= 4 is 17.5 Å². The Morgan fingerprint density at radius 3 is 2.25 bits per heavy atom. The second-order valence-electron chi connectivity index (χ2n) is 9.05. The number of anilines is 1. The van der Waals surface area contributed by atoms with E-state index in [1.54, 1.807) is 25.4 Å². The van der Waals surface area contributed by atoms with Crippen molar-refractivity contribution < 1.29 is 23.8 Å². The summed E-state index contributed by atoms with van der Waals surface area (Å²) in [6.45, 7) is 1.94. The van der Waals surface area contributed by atoms with Crippen LogP contribution in [0.1, 0.15) is 40.7 Å². The molecule has 0 bridgehead atoms. The molecule has 5 rings (SSSR count). The minimum Gasteiger partial charge on any atom is -0.497 e. The molecule has 9 nitrogen and oxygen atoms in total. The number of piperidine rings is 1. The molecule has 2 aliphatic rings. The Morgan fingerprint density at radius 2 is 1.61 bits per heavy atom. The van der Waals surface area contributed by atoms with Crippen LogP contribution in [0.3, 0.4) is 0 Å². The Balaban J connectivity index is 1.17. The van der Waals surface area contributed by atoms with Crippen LogP contribution in [0.4, 0.5) is 5.69 Å². The van der Waals surface area contributed by atoms with Gasteiger partial charge in [-0.25, -0.2) is 4.98 Å². The standard InChI is InChI=1S/C27H30N4O5/c1-34-21-7-3-18(4-8-21)24-15-31-17-28-25(23(31)16-36-24)27(33)30-13-11-19(12-14-30)26(32)29-20-5-9-22(35-2)10-6-20/h3-10,17,19,24H,11-16H2,1-2H3,(H,29,32). The number of likely N-dealkylation sites (tertiary alicyclic amines) is 1. The lowest BCUT2D eigenvalue weighted by Crippen LogP contribution is -2.42. The van der Waals surface area contributed by atoms with Gasteiger partial charge in [0.25, 0.3) is 5.91 Å². The quantitative estimate of drug-likeness (QED) is 0.567. The minimum atomic E-state index is -0.138. The summed E-state index contributed by atoms with van der Waals surface area (Å²) in [5.74, 6) is 1.27. The molecule has 0 saturated carbocycles. The van der Waals surface area contributed by atoms with Gasteiger partial charge in [0.15, 0.2) is 5.69 Å². The molecular weight excluding hydrogens is 460 g/mol. The summed E-state index contributed by atoms with van der Waals surface area (Å²) in [7, 11) is 3.25. The molecule has 1 unspecified atom stereocenters. The van der Waals surface area contributed by atoms with Gasteiger partial charge in [0, 0.05) is 24.7 Å². The molecule has 2 aliphatic heterocycles. The molecule has 0 spiro atoms. The van der Waals surface area contributed by atoms with Crippen LogP contribution >= 0.6 is 0 Å². The Kier molecular flexibility index (Phi) is 6.90. The number of imidazole rings is 1. The first-order valence-corrected chi connectivity index (χ1v) is 12.1. The number of fused-ring (bicyclic) bond motifs is 1. The van der Waals surface area contributed by atoms with Crippen molar-refractivity contribution in [3.05, 3.63) is 71.8 Å². The minimum absolute atomic E-state index is 0.0235. The fourth-order valence-electron chi connectivity index (χ4n) is 4.74. The number of amides is 2. The van der Waals surface area contributed by atoms with Gasteiger partial charge in [-0.3, -0.25) is 9.59 Å². The van der Waals surface area contributed by atoms with Crippen LogP contribution in [-0.2, 0) is 22.7 Å². The summed E-state index contributed by atoms with van der Waals surface area (Å²) in [5, 5.41) is 2.96. The molecule has 1 atom stereocenters. The van der Waals surface area contributed by atoms with E-state index in [4.69, 9.17) is 14.2 Å². The number of hydrogen-bond acceptors (Lipinski definition) is 6. The van der Waals surface area contributed by atoms with E-state index in [1.807, 2.05) is 53.1 Å². The third-order valence-corrected chi connectivity index (χ3v) is 6.93. The van der Waals surface area contributed by atoms with Crippen molar-refractivity contribution in [3.8, 4) is 11.5 Å². The van der Waals surface area contributed by atoms with Crippen LogP contribution in [0.5, 0.6) is 11.5 Å². The summed E-state index contributed by atoms with van der Waals surface area (Å²) < 4.78 is 18.5. The predicted molar refractivity (Wildman–Crippen MR) is 133 cm³/mol. The predicted octanol–water partition coefficient (Wildman–Crippen LogP) is 3.66. The van der Waals surface area contributed by atoms with Crippen molar-refractivity contribution in [2.75, 3.05) is 32.6 Å². The molecular formula is C27H30N4O5. The van der Waals surface area contributed by atoms with E-state index in [0.29, 0.717) is 44.8 Å². The van der Waals surface area contributed by atoms with Gasteiger partial charge in [0.05, 0.1) is 39.4 Å². The molecule has 3 aromatic rings. The molecule has 1 fully saturated rings. The van der Waals surface area contributed by atoms with Gasteiger partial charge in [-0.05, 0) is 54.8 Å². The number of hydrogen-bond donors (Lipinski definition) is 1. The lowest BCUT2D eigenvalue weighted by atomic mass is 9.95. The van der Waals surface area contributed by atoms with Crippen molar-refractivity contribution in [1.29, 1.82) is 0 Å². The van der Waals surface area contributed by atoms with E-state index >= 15 is 0 Å². The molecule has 9 heteroatoms. The van der Waals surface area contributed by atoms with Crippen molar-refractivity contribution in [1.82, 2.24) is 14.5 Å². The van der Waals surface area contributed by atoms with Crippen LogP contribution in [0.15, 0.2) is 54.9 Å². The van der Waals surface area contributed by atoms with Gasteiger partial charge >= 0.3 is 0 Å². The molecule has 1 saturated heterocycles. The number of ether oxygens (including phenoxy) is 3. The summed E-state index contributed by atoms with van der Waals surface area (Å²) in [5.41, 5.74) is 3.02. The molecule has 1 N–H and O–H groups in total. The number of aromatic nitrogens is 2. The molecule has 3 heterocycles. The van der Waals surface area contributed by atoms with Crippen molar-refractivity contribution in [2.24, 2.45) is 5.92 Å². The highest BCUT2D eigenvalue weighted by molar-refractivity contribution is 5.95. The lowest BCUT2D eigenvalue weighted by molar-refractivity contribution is -0.121. The number of carbonyl (C=O) groups is 2. The van der Waals surface area contributed by atoms with E-state index in [1.165, 1.54) is 0 Å². The third-order valence-electron chi connectivity index (χ3n) is 6.93. The fraction of sp³-hybridized carbons (Fsp3) is 0.370. The average molecular weight is 491 g/mol. The van der Waals surface area contributed by atoms with Gasteiger partial charge in [-0.15, -0.1) is 0 Å². The van der Waals surface area contributed by atoms with Crippen molar-refractivity contribution in [3.63, 3.8) is 0 Å². The van der Waals surface area contributed by atoms with Gasteiger partial charge in [-0.2, -0.15) is 0 Å². The maximum Gasteiger partial charge on any atom is 0.274 e. The highest BCUT2D eigenvalue weighted by Gasteiger charge is 2.32. The van der Waals surface area contributed by atoms with Crippen LogP contribution in [0, 0.1) is 5.92 Å². The summed E-state index contributed by atoms with van der Waals surface area (Å²) in [6.07, 6.45) is 2.83. The van der Waals surface area contributed by atoms with Crippen LogP contribution in [0.25, 0.3) is 0 Å². The maximum atomic E-state index is 13.3. The van der Waals surface area contributed by atoms with Crippen LogP contribution < -0.4 is 14.8 Å². The first-order chi connectivity index (χ1) is 17.6. The fourth-order valence-corrected chi connectivity index (χ4v) is 4.74. The maximum absolute atomic E-state index is 13.3. The van der Waals surface area contributed by atoms with E-state index in [9.17, 15) is 9.59 Å². The molecule has 0 aliphatic carbocycles. The molecule has 1 aromatic heterocycles. The topological polar surface area (TPSA) is 94.9 Å². The second kappa shape index (κ2) is 10.4. The zero-order valence-corrected chi connectivity index (χ0v) is 20.5. The number of methoxy groups -OCH3 is 2. The summed E-state index contributed by atoms with van der Waals surface area (Å²) >= 11 is 0. The van der Waals surface area contributed by atoms with Gasteiger partial charge in [-0.1, -0.05) is 12.1 Å². The number of carbonyl (C=O) groups excluding carboxylic acids is 2. The van der Waals surface area contributed by atoms with E-state index in [0.717, 1.165) is 28.4 Å². The number of rotatable bonds is 6. The largest absolute Gasteiger partial charge is 0.497 e. The monoisotopic (exact) mass is 490 g/mol. The zero-order chi connectivity index (χ0) is 25.1. The van der Waals surface area contributed by atoms with E-state index in [2.05, 4.69) is 10.3 Å². The number of benzene rings is 2. The highest BCUT2D eigenvalue weighted by Crippen LogP contribution is 2.30. The SMILES string of the molecule is COc1ccc(NC(=O)C2CCN(C(=O)c3ncn4c3COC(c3ccc(OC)cc3)C4)CC2)cc1. The normalized spacial score (nSPS) is 17.8. The summed E-state index contributed by atoms with van der Waals surface area (Å²) in [6, 6.07) is 15.1. The second-order valence-corrected chi connectivity index (χ2v) is 9.05. The number of nitrogens with zero attached hydrogens (tertiary/aromatic N) is 3. The van der Waals surface area contributed by atoms with E-state index in [-0.39, 0.29) is 23.8 Å². The molecule has 2 aromatic carbocycles. The lowest BCUT2D eigenvalue weighted by Gasteiger charge is -2.31. The Hall–Kier alpha value is -3.85. The molecule has 36 heavy (non-hydrogen) atoms. The van der Waals surface area contributed by atoms with Crippen LogP contribution in [0.2, 0.25) is 0 Å². The molecule has 188 valence electrons. The smallest absolute Gasteiger partial charge is 0.274 e.